The normalized spacial score (nSPS) is 13.6. The average molecular weight is 328 g/mol. The smallest absolute Gasteiger partial charge is 0.160 e. The Bertz CT molecular complexity index is 664. The Morgan fingerprint density at radius 2 is 1.91 bits per heavy atom. The highest BCUT2D eigenvalue weighted by molar-refractivity contribution is 7.99. The Kier molecular flexibility index (Phi) is 6.43. The molecule has 2 aromatic rings. The zero-order valence-corrected chi connectivity index (χ0v) is 14.8. The zero-order chi connectivity index (χ0) is 16.8. The van der Waals surface area contributed by atoms with Crippen molar-refractivity contribution >= 4 is 17.5 Å². The van der Waals surface area contributed by atoms with E-state index in [1.807, 2.05) is 24.3 Å². The third kappa shape index (κ3) is 5.22. The minimum absolute atomic E-state index is 0.107. The summed E-state index contributed by atoms with van der Waals surface area (Å²) in [5.74, 6) is 0.107. The fourth-order valence-corrected chi connectivity index (χ4v) is 3.82. The monoisotopic (exact) mass is 328 g/mol. The van der Waals surface area contributed by atoms with Crippen molar-refractivity contribution < 1.29 is 9.90 Å². The van der Waals surface area contributed by atoms with Crippen LogP contribution in [0, 0.1) is 6.92 Å². The summed E-state index contributed by atoms with van der Waals surface area (Å²) < 4.78 is 0. The van der Waals surface area contributed by atoms with Gasteiger partial charge in [-0.3, -0.25) is 4.79 Å². The van der Waals surface area contributed by atoms with Gasteiger partial charge in [0.1, 0.15) is 0 Å². The van der Waals surface area contributed by atoms with Gasteiger partial charge < -0.3 is 5.11 Å². The van der Waals surface area contributed by atoms with Gasteiger partial charge >= 0.3 is 0 Å². The van der Waals surface area contributed by atoms with Crippen molar-refractivity contribution in [3.05, 3.63) is 70.8 Å². The average Bonchev–Trinajstić information content (AvgIpc) is 2.51. The van der Waals surface area contributed by atoms with Gasteiger partial charge in [0, 0.05) is 10.8 Å². The summed E-state index contributed by atoms with van der Waals surface area (Å²) >= 11 is 1.57. The molecular formula is C20H24O2S. The van der Waals surface area contributed by atoms with Gasteiger partial charge in [-0.15, -0.1) is 11.8 Å². The number of carbonyl (C=O) groups is 1. The molecule has 23 heavy (non-hydrogen) atoms. The molecule has 0 saturated carbocycles. The molecule has 0 radical (unpaired) electrons. The van der Waals surface area contributed by atoms with E-state index in [1.54, 1.807) is 25.6 Å². The van der Waals surface area contributed by atoms with Gasteiger partial charge in [0.05, 0.1) is 5.44 Å². The second kappa shape index (κ2) is 8.32. The van der Waals surface area contributed by atoms with Gasteiger partial charge in [0.25, 0.3) is 0 Å². The minimum Gasteiger partial charge on any atom is -0.383 e. The number of thioether (sulfide) groups is 1. The number of carbonyl (C=O) groups excluding carboxylic acids is 1. The lowest BCUT2D eigenvalue weighted by atomic mass is 9.97. The summed E-state index contributed by atoms with van der Waals surface area (Å²) in [7, 11) is 0. The lowest BCUT2D eigenvalue weighted by molar-refractivity contribution is 0.101. The van der Waals surface area contributed by atoms with Crippen LogP contribution in [0.15, 0.2) is 48.5 Å². The largest absolute Gasteiger partial charge is 0.383 e. The van der Waals surface area contributed by atoms with E-state index >= 15 is 0 Å². The first-order valence-corrected chi connectivity index (χ1v) is 8.90. The van der Waals surface area contributed by atoms with Crippen molar-refractivity contribution in [3.8, 4) is 0 Å². The van der Waals surface area contributed by atoms with Crippen molar-refractivity contribution in [2.24, 2.45) is 0 Å². The van der Waals surface area contributed by atoms with Gasteiger partial charge in [-0.25, -0.2) is 0 Å². The van der Waals surface area contributed by atoms with E-state index in [1.165, 1.54) is 11.1 Å². The summed E-state index contributed by atoms with van der Waals surface area (Å²) in [6.45, 7) is 5.50. The van der Waals surface area contributed by atoms with Gasteiger partial charge in [-0.2, -0.15) is 0 Å². The zero-order valence-electron chi connectivity index (χ0n) is 14.0. The van der Waals surface area contributed by atoms with Crippen molar-refractivity contribution in [1.29, 1.82) is 0 Å². The SMILES string of the molecule is CC(=O)c1ccccc1CC[C@@H](S[C@@H](C)O)c1cccc(C)c1. The Morgan fingerprint density at radius 3 is 2.57 bits per heavy atom. The molecular weight excluding hydrogens is 304 g/mol. The first-order valence-electron chi connectivity index (χ1n) is 7.96. The second-order valence-electron chi connectivity index (χ2n) is 5.89. The molecule has 0 aliphatic rings. The number of Topliss-reactive ketones (excluding diaryl/α,β-unsaturated/α-hetero) is 1. The second-order valence-corrected chi connectivity index (χ2v) is 7.41. The Balaban J connectivity index is 2.18. The van der Waals surface area contributed by atoms with Crippen LogP contribution < -0.4 is 0 Å². The van der Waals surface area contributed by atoms with Crippen LogP contribution in [0.5, 0.6) is 0 Å². The third-order valence-corrected chi connectivity index (χ3v) is 5.08. The highest BCUT2D eigenvalue weighted by Crippen LogP contribution is 2.36. The molecule has 3 heteroatoms. The maximum Gasteiger partial charge on any atom is 0.160 e. The summed E-state index contributed by atoms with van der Waals surface area (Å²) in [6, 6.07) is 16.2. The molecule has 122 valence electrons. The Labute approximate surface area is 142 Å². The topological polar surface area (TPSA) is 37.3 Å². The van der Waals surface area contributed by atoms with Crippen LogP contribution >= 0.6 is 11.8 Å². The van der Waals surface area contributed by atoms with Gasteiger partial charge in [0.15, 0.2) is 5.78 Å². The molecule has 0 saturated heterocycles. The molecule has 0 spiro atoms. The molecule has 2 nitrogen and oxygen atoms in total. The number of ketones is 1. The number of benzene rings is 2. The minimum atomic E-state index is -0.413. The number of hydrogen-bond donors (Lipinski definition) is 1. The van der Waals surface area contributed by atoms with Crippen LogP contribution in [0.4, 0.5) is 0 Å². The van der Waals surface area contributed by atoms with Crippen LogP contribution in [-0.2, 0) is 6.42 Å². The Hall–Kier alpha value is -1.58. The van der Waals surface area contributed by atoms with E-state index in [2.05, 4.69) is 31.2 Å². The van der Waals surface area contributed by atoms with E-state index in [9.17, 15) is 9.90 Å². The van der Waals surface area contributed by atoms with E-state index in [0.29, 0.717) is 0 Å². The molecule has 0 fully saturated rings. The highest BCUT2D eigenvalue weighted by atomic mass is 32.2. The van der Waals surface area contributed by atoms with Crippen molar-refractivity contribution in [3.63, 3.8) is 0 Å². The van der Waals surface area contributed by atoms with Crippen LogP contribution in [0.1, 0.15) is 52.6 Å². The molecule has 0 amide bonds. The van der Waals surface area contributed by atoms with E-state index in [0.717, 1.165) is 24.0 Å². The first-order chi connectivity index (χ1) is 11.0. The number of aryl methyl sites for hydroxylation is 2. The summed E-state index contributed by atoms with van der Waals surface area (Å²) in [5, 5.41) is 10.0. The molecule has 0 heterocycles. The van der Waals surface area contributed by atoms with E-state index in [4.69, 9.17) is 0 Å². The lowest BCUT2D eigenvalue weighted by Gasteiger charge is -2.20. The molecule has 0 unspecified atom stereocenters. The van der Waals surface area contributed by atoms with Gasteiger partial charge in [-0.05, 0) is 44.7 Å². The first kappa shape index (κ1) is 17.8. The number of aliphatic hydroxyl groups excluding tert-OH is 1. The molecule has 1 N–H and O–H groups in total. The van der Waals surface area contributed by atoms with Gasteiger partial charge in [0.2, 0.25) is 0 Å². The number of aliphatic hydroxyl groups is 1. The highest BCUT2D eigenvalue weighted by Gasteiger charge is 2.16. The summed E-state index contributed by atoms with van der Waals surface area (Å²) in [4.78, 5) is 11.8. The van der Waals surface area contributed by atoms with Crippen molar-refractivity contribution in [1.82, 2.24) is 0 Å². The number of rotatable bonds is 7. The predicted molar refractivity (Wildman–Crippen MR) is 98.0 cm³/mol. The van der Waals surface area contributed by atoms with E-state index < -0.39 is 5.44 Å². The maximum absolute atomic E-state index is 11.8. The van der Waals surface area contributed by atoms with E-state index in [-0.39, 0.29) is 11.0 Å². The molecule has 0 aliphatic heterocycles. The van der Waals surface area contributed by atoms with Crippen LogP contribution in [-0.4, -0.2) is 16.3 Å². The molecule has 2 aromatic carbocycles. The molecule has 0 aliphatic carbocycles. The molecule has 0 aromatic heterocycles. The fraction of sp³-hybridized carbons (Fsp3) is 0.350. The standard InChI is InChI=1S/C20H24O2S/c1-14-7-6-9-18(13-14)20(23-16(3)22)12-11-17-8-4-5-10-19(17)15(2)21/h4-10,13,16,20,22H,11-12H2,1-3H3/t16-,20+/m0/s1. The van der Waals surface area contributed by atoms with Crippen LogP contribution in [0.3, 0.4) is 0 Å². The van der Waals surface area contributed by atoms with Crippen molar-refractivity contribution in [2.45, 2.75) is 44.3 Å². The lowest BCUT2D eigenvalue weighted by Crippen LogP contribution is -2.05. The Morgan fingerprint density at radius 1 is 1.17 bits per heavy atom. The maximum atomic E-state index is 11.8. The summed E-state index contributed by atoms with van der Waals surface area (Å²) in [6.07, 6.45) is 1.72. The predicted octanol–water partition coefficient (Wildman–Crippen LogP) is 4.94. The molecule has 0 bridgehead atoms. The number of hydrogen-bond acceptors (Lipinski definition) is 3. The molecule has 2 atom stereocenters. The quantitative estimate of drug-likeness (QED) is 0.577. The third-order valence-electron chi connectivity index (χ3n) is 3.85. The van der Waals surface area contributed by atoms with Gasteiger partial charge in [-0.1, -0.05) is 54.1 Å². The summed E-state index contributed by atoms with van der Waals surface area (Å²) in [5.41, 5.74) is 3.93. The van der Waals surface area contributed by atoms with Crippen LogP contribution in [0.2, 0.25) is 0 Å². The van der Waals surface area contributed by atoms with Crippen LogP contribution in [0.25, 0.3) is 0 Å². The molecule has 2 rings (SSSR count). The van der Waals surface area contributed by atoms with Crippen molar-refractivity contribution in [2.75, 3.05) is 0 Å². The fourth-order valence-electron chi connectivity index (χ4n) is 2.79.